The summed E-state index contributed by atoms with van der Waals surface area (Å²) in [4.78, 5) is 12.6. The molecule has 0 aliphatic heterocycles. The topological polar surface area (TPSA) is 53.2 Å². The summed E-state index contributed by atoms with van der Waals surface area (Å²) in [7, 11) is 0. The maximum Gasteiger partial charge on any atom is 0.416 e. The third-order valence-corrected chi connectivity index (χ3v) is 5.66. The van der Waals surface area contributed by atoms with Crippen LogP contribution in [0.15, 0.2) is 78.9 Å². The number of anilines is 1. The minimum atomic E-state index is -4.51. The number of thiocarbonyl (C=S) groups is 1. The first kappa shape index (κ1) is 27.1. The standard InChI is InChI=1S/C24H19Cl3F3N3OS/c25-23(26,27)21(33-22(35)31-19-8-4-7-18(14-19)24(28,29)30)32-20(34)13-15-9-11-17(12-10-15)16-5-2-1-3-6-16/h1-12,14,21H,13H2,(H,32,34)(H2,31,33,35). The van der Waals surface area contributed by atoms with Gasteiger partial charge in [-0.05, 0) is 47.1 Å². The summed E-state index contributed by atoms with van der Waals surface area (Å²) < 4.78 is 36.8. The second kappa shape index (κ2) is 11.5. The third-order valence-electron chi connectivity index (χ3n) is 4.78. The molecule has 1 unspecified atom stereocenters. The number of hydrogen-bond acceptors (Lipinski definition) is 2. The van der Waals surface area contributed by atoms with Gasteiger partial charge in [-0.3, -0.25) is 4.79 Å². The molecule has 1 amide bonds. The Bertz CT molecular complexity index is 1170. The van der Waals surface area contributed by atoms with Gasteiger partial charge in [-0.15, -0.1) is 0 Å². The van der Waals surface area contributed by atoms with Gasteiger partial charge in [0.05, 0.1) is 12.0 Å². The van der Waals surface area contributed by atoms with Gasteiger partial charge in [-0.2, -0.15) is 13.2 Å². The lowest BCUT2D eigenvalue weighted by molar-refractivity contribution is -0.137. The molecule has 0 radical (unpaired) electrons. The molecule has 3 N–H and O–H groups in total. The molecule has 0 aliphatic carbocycles. The van der Waals surface area contributed by atoms with Gasteiger partial charge in [0.2, 0.25) is 9.70 Å². The lowest BCUT2D eigenvalue weighted by Crippen LogP contribution is -2.56. The van der Waals surface area contributed by atoms with Crippen molar-refractivity contribution < 1.29 is 18.0 Å². The molecule has 184 valence electrons. The van der Waals surface area contributed by atoms with Crippen LogP contribution < -0.4 is 16.0 Å². The fourth-order valence-corrected chi connectivity index (χ4v) is 3.68. The molecular weight excluding hydrogens is 542 g/mol. The van der Waals surface area contributed by atoms with Crippen LogP contribution in [-0.4, -0.2) is 21.0 Å². The normalized spacial score (nSPS) is 12.5. The fourth-order valence-electron chi connectivity index (χ4n) is 3.11. The van der Waals surface area contributed by atoms with Crippen LogP contribution in [0.25, 0.3) is 11.1 Å². The van der Waals surface area contributed by atoms with E-state index in [1.165, 1.54) is 12.1 Å². The quantitative estimate of drug-likeness (QED) is 0.178. The van der Waals surface area contributed by atoms with Crippen molar-refractivity contribution in [2.24, 2.45) is 0 Å². The van der Waals surface area contributed by atoms with E-state index in [1.807, 2.05) is 54.6 Å². The lowest BCUT2D eigenvalue weighted by Gasteiger charge is -2.28. The molecule has 0 bridgehead atoms. The van der Waals surface area contributed by atoms with Gasteiger partial charge in [0.1, 0.15) is 6.17 Å². The van der Waals surface area contributed by atoms with Gasteiger partial charge in [-0.1, -0.05) is 95.5 Å². The maximum absolute atomic E-state index is 12.9. The summed E-state index contributed by atoms with van der Waals surface area (Å²) in [6.45, 7) is 0. The van der Waals surface area contributed by atoms with Gasteiger partial charge < -0.3 is 16.0 Å². The van der Waals surface area contributed by atoms with Crippen molar-refractivity contribution >= 4 is 63.7 Å². The number of carbonyl (C=O) groups is 1. The zero-order valence-corrected chi connectivity index (χ0v) is 21.0. The first-order valence-electron chi connectivity index (χ1n) is 10.2. The van der Waals surface area contributed by atoms with E-state index in [4.69, 9.17) is 47.0 Å². The summed E-state index contributed by atoms with van der Waals surface area (Å²) in [6, 6.07) is 21.6. The summed E-state index contributed by atoms with van der Waals surface area (Å²) in [6.07, 6.45) is -5.77. The summed E-state index contributed by atoms with van der Waals surface area (Å²) in [5.74, 6) is -0.455. The molecule has 0 heterocycles. The van der Waals surface area contributed by atoms with Gasteiger partial charge >= 0.3 is 6.18 Å². The van der Waals surface area contributed by atoms with Crippen molar-refractivity contribution in [3.63, 3.8) is 0 Å². The minimum absolute atomic E-state index is 0.00180. The monoisotopic (exact) mass is 559 g/mol. The van der Waals surface area contributed by atoms with Crippen LogP contribution in [0.2, 0.25) is 0 Å². The van der Waals surface area contributed by atoms with Crippen LogP contribution in [0.4, 0.5) is 18.9 Å². The maximum atomic E-state index is 12.9. The van der Waals surface area contributed by atoms with E-state index in [9.17, 15) is 18.0 Å². The second-order valence-electron chi connectivity index (χ2n) is 7.46. The van der Waals surface area contributed by atoms with E-state index in [0.717, 1.165) is 28.8 Å². The zero-order valence-electron chi connectivity index (χ0n) is 17.9. The molecular formula is C24H19Cl3F3N3OS. The third kappa shape index (κ3) is 8.28. The molecule has 11 heteroatoms. The van der Waals surface area contributed by atoms with Crippen molar-refractivity contribution in [3.8, 4) is 11.1 Å². The number of benzene rings is 3. The van der Waals surface area contributed by atoms with E-state index in [2.05, 4.69) is 16.0 Å². The van der Waals surface area contributed by atoms with E-state index < -0.39 is 27.6 Å². The lowest BCUT2D eigenvalue weighted by atomic mass is 10.0. The largest absolute Gasteiger partial charge is 0.416 e. The highest BCUT2D eigenvalue weighted by Crippen LogP contribution is 2.31. The molecule has 3 aromatic rings. The first-order valence-corrected chi connectivity index (χ1v) is 11.7. The fraction of sp³-hybridized carbons (Fsp3) is 0.167. The molecule has 0 spiro atoms. The molecule has 4 nitrogen and oxygen atoms in total. The van der Waals surface area contributed by atoms with Crippen LogP contribution in [0, 0.1) is 0 Å². The Labute approximate surface area is 220 Å². The number of carbonyl (C=O) groups excluding carboxylic acids is 1. The summed E-state index contributed by atoms with van der Waals surface area (Å²) >= 11 is 23.1. The predicted molar refractivity (Wildman–Crippen MR) is 139 cm³/mol. The Morgan fingerprint density at radius 1 is 0.857 bits per heavy atom. The van der Waals surface area contributed by atoms with Gasteiger partial charge in [-0.25, -0.2) is 0 Å². The zero-order chi connectivity index (χ0) is 25.6. The van der Waals surface area contributed by atoms with Crippen LogP contribution in [0.1, 0.15) is 11.1 Å². The van der Waals surface area contributed by atoms with E-state index in [0.29, 0.717) is 0 Å². The number of rotatable bonds is 6. The highest BCUT2D eigenvalue weighted by Gasteiger charge is 2.35. The van der Waals surface area contributed by atoms with Gasteiger partial charge in [0.15, 0.2) is 5.11 Å². The highest BCUT2D eigenvalue weighted by atomic mass is 35.6. The van der Waals surface area contributed by atoms with E-state index in [1.54, 1.807) is 0 Å². The number of nitrogens with one attached hydrogen (secondary N) is 3. The van der Waals surface area contributed by atoms with Gasteiger partial charge in [0.25, 0.3) is 0 Å². The molecule has 0 aromatic heterocycles. The molecule has 0 aliphatic rings. The predicted octanol–water partition coefficient (Wildman–Crippen LogP) is 6.71. The molecule has 1 atom stereocenters. The molecule has 35 heavy (non-hydrogen) atoms. The minimum Gasteiger partial charge on any atom is -0.339 e. The first-order chi connectivity index (χ1) is 16.4. The van der Waals surface area contributed by atoms with Crippen LogP contribution in [0.3, 0.4) is 0 Å². The Kier molecular flexibility index (Phi) is 8.88. The highest BCUT2D eigenvalue weighted by molar-refractivity contribution is 7.80. The molecule has 0 fully saturated rings. The van der Waals surface area contributed by atoms with E-state index in [-0.39, 0.29) is 17.2 Å². The van der Waals surface area contributed by atoms with Crippen molar-refractivity contribution in [3.05, 3.63) is 90.0 Å². The van der Waals surface area contributed by atoms with E-state index >= 15 is 0 Å². The van der Waals surface area contributed by atoms with Crippen molar-refractivity contribution in [1.29, 1.82) is 0 Å². The Morgan fingerprint density at radius 3 is 2.09 bits per heavy atom. The Hall–Kier alpha value is -2.52. The average Bonchev–Trinajstić information content (AvgIpc) is 2.79. The van der Waals surface area contributed by atoms with Crippen molar-refractivity contribution in [2.45, 2.75) is 22.6 Å². The van der Waals surface area contributed by atoms with Crippen molar-refractivity contribution in [1.82, 2.24) is 10.6 Å². The Morgan fingerprint density at radius 2 is 1.49 bits per heavy atom. The molecule has 0 saturated heterocycles. The van der Waals surface area contributed by atoms with Gasteiger partial charge in [0, 0.05) is 5.69 Å². The average molecular weight is 561 g/mol. The smallest absolute Gasteiger partial charge is 0.339 e. The number of hydrogen-bond donors (Lipinski definition) is 3. The van der Waals surface area contributed by atoms with Crippen LogP contribution in [0.5, 0.6) is 0 Å². The van der Waals surface area contributed by atoms with Crippen LogP contribution in [-0.2, 0) is 17.4 Å². The molecule has 3 aromatic carbocycles. The summed E-state index contributed by atoms with van der Waals surface area (Å²) in [5.41, 5.74) is 2.00. The Balaban J connectivity index is 1.61. The van der Waals surface area contributed by atoms with Crippen molar-refractivity contribution in [2.75, 3.05) is 5.32 Å². The number of halogens is 6. The molecule has 3 rings (SSSR count). The molecule has 0 saturated carbocycles. The second-order valence-corrected chi connectivity index (χ2v) is 10.2. The SMILES string of the molecule is O=C(Cc1ccc(-c2ccccc2)cc1)NC(NC(=S)Nc1cccc(C(F)(F)F)c1)C(Cl)(Cl)Cl. The number of alkyl halides is 6. The summed E-state index contributed by atoms with van der Waals surface area (Å²) in [5, 5.41) is 7.62. The van der Waals surface area contributed by atoms with Crippen LogP contribution >= 0.6 is 47.0 Å². The number of amides is 1.